The lowest BCUT2D eigenvalue weighted by Gasteiger charge is -2.26. The monoisotopic (exact) mass is 225 g/mol. The second-order valence-electron chi connectivity index (χ2n) is 5.56. The number of hydrogen-bond donors (Lipinski definition) is 0. The zero-order valence-corrected chi connectivity index (χ0v) is 11.6. The first kappa shape index (κ1) is 13.3. The third-order valence-corrected chi connectivity index (χ3v) is 2.63. The summed E-state index contributed by atoms with van der Waals surface area (Å²) in [6.45, 7) is 15.5. The van der Waals surface area contributed by atoms with Crippen LogP contribution in [0.3, 0.4) is 0 Å². The Balaban J connectivity index is 2.80. The predicted molar refractivity (Wildman–Crippen MR) is 70.9 cm³/mol. The Bertz CT molecular complexity index is 224. The van der Waals surface area contributed by atoms with Crippen LogP contribution in [0.4, 0.5) is 0 Å². The number of guanidine groups is 1. The second-order valence-corrected chi connectivity index (χ2v) is 5.56. The Hall–Kier alpha value is -0.730. The van der Waals surface area contributed by atoms with Crippen LogP contribution in [0, 0.1) is 0 Å². The highest BCUT2D eigenvalue weighted by atomic mass is 15.4. The van der Waals surface area contributed by atoms with E-state index in [1.54, 1.807) is 0 Å². The van der Waals surface area contributed by atoms with Crippen molar-refractivity contribution in [1.29, 1.82) is 0 Å². The van der Waals surface area contributed by atoms with E-state index in [2.05, 4.69) is 44.4 Å². The van der Waals surface area contributed by atoms with Gasteiger partial charge < -0.3 is 9.80 Å². The van der Waals surface area contributed by atoms with Crippen LogP contribution in [-0.2, 0) is 0 Å². The first-order valence-corrected chi connectivity index (χ1v) is 6.57. The Morgan fingerprint density at radius 2 is 1.44 bits per heavy atom. The molecule has 3 heteroatoms. The topological polar surface area (TPSA) is 18.8 Å². The maximum absolute atomic E-state index is 4.88. The van der Waals surface area contributed by atoms with Crippen LogP contribution in [0.5, 0.6) is 0 Å². The number of rotatable bonds is 4. The van der Waals surface area contributed by atoms with Gasteiger partial charge in [-0.15, -0.1) is 0 Å². The van der Waals surface area contributed by atoms with Crippen LogP contribution in [0.2, 0.25) is 0 Å². The fraction of sp³-hybridized carbons (Fsp3) is 0.923. The molecule has 94 valence electrons. The molecule has 1 heterocycles. The number of aliphatic imine (C=N–C) groups is 1. The summed E-state index contributed by atoms with van der Waals surface area (Å²) in [5, 5.41) is 0. The Morgan fingerprint density at radius 1 is 1.00 bits per heavy atom. The van der Waals surface area contributed by atoms with E-state index in [4.69, 9.17) is 4.99 Å². The van der Waals surface area contributed by atoms with Crippen LogP contribution >= 0.6 is 0 Å². The molecule has 0 atom stereocenters. The lowest BCUT2D eigenvalue weighted by molar-refractivity contribution is 0.438. The van der Waals surface area contributed by atoms with Crippen molar-refractivity contribution < 1.29 is 0 Å². The maximum Gasteiger partial charge on any atom is 0.197 e. The highest BCUT2D eigenvalue weighted by Crippen LogP contribution is 2.15. The van der Waals surface area contributed by atoms with Crippen molar-refractivity contribution in [3.63, 3.8) is 0 Å². The fourth-order valence-corrected chi connectivity index (χ4v) is 2.05. The van der Waals surface area contributed by atoms with Crippen LogP contribution < -0.4 is 0 Å². The first-order valence-electron chi connectivity index (χ1n) is 6.57. The van der Waals surface area contributed by atoms with E-state index in [0.717, 1.165) is 26.2 Å². The van der Waals surface area contributed by atoms with Gasteiger partial charge in [0, 0.05) is 26.2 Å². The van der Waals surface area contributed by atoms with E-state index in [1.807, 2.05) is 0 Å². The van der Waals surface area contributed by atoms with Crippen molar-refractivity contribution >= 4 is 5.96 Å². The lowest BCUT2D eigenvalue weighted by Crippen LogP contribution is -2.36. The van der Waals surface area contributed by atoms with Gasteiger partial charge in [0.25, 0.3) is 0 Å². The average Bonchev–Trinajstić information content (AvgIpc) is 2.49. The van der Waals surface area contributed by atoms with Crippen LogP contribution in [0.25, 0.3) is 0 Å². The van der Waals surface area contributed by atoms with E-state index >= 15 is 0 Å². The van der Waals surface area contributed by atoms with Crippen LogP contribution in [-0.4, -0.2) is 47.5 Å². The highest BCUT2D eigenvalue weighted by molar-refractivity contribution is 5.82. The van der Waals surface area contributed by atoms with Crippen molar-refractivity contribution in [3.8, 4) is 0 Å². The quantitative estimate of drug-likeness (QED) is 0.732. The third-order valence-electron chi connectivity index (χ3n) is 2.63. The molecular formula is C13H27N3. The second kappa shape index (κ2) is 5.55. The van der Waals surface area contributed by atoms with Gasteiger partial charge in [-0.1, -0.05) is 13.8 Å². The predicted octanol–water partition coefficient (Wildman–Crippen LogP) is 2.58. The molecule has 0 saturated carbocycles. The molecule has 16 heavy (non-hydrogen) atoms. The summed E-state index contributed by atoms with van der Waals surface area (Å²) in [5.74, 6) is 1.22. The van der Waals surface area contributed by atoms with Gasteiger partial charge in [0.15, 0.2) is 5.96 Å². The van der Waals surface area contributed by atoms with E-state index in [9.17, 15) is 0 Å². The van der Waals surface area contributed by atoms with Gasteiger partial charge in [-0.2, -0.15) is 0 Å². The molecule has 0 aromatic rings. The average molecular weight is 225 g/mol. The molecule has 0 N–H and O–H groups in total. The van der Waals surface area contributed by atoms with E-state index in [-0.39, 0.29) is 5.54 Å². The summed E-state index contributed by atoms with van der Waals surface area (Å²) in [5.41, 5.74) is 0.0255. The van der Waals surface area contributed by atoms with Crippen molar-refractivity contribution in [3.05, 3.63) is 0 Å². The van der Waals surface area contributed by atoms with Gasteiger partial charge in [0.05, 0.1) is 5.54 Å². The standard InChI is InChI=1S/C13H27N3/c1-6-8-15-10-11-16(9-7-2)12(15)14-13(3,4)5/h6-11H2,1-5H3. The molecule has 0 bridgehead atoms. The van der Waals surface area contributed by atoms with E-state index in [0.29, 0.717) is 0 Å². The molecule has 0 radical (unpaired) electrons. The molecule has 1 rings (SSSR count). The van der Waals surface area contributed by atoms with Gasteiger partial charge in [0.2, 0.25) is 0 Å². The summed E-state index contributed by atoms with van der Waals surface area (Å²) in [4.78, 5) is 9.74. The summed E-state index contributed by atoms with van der Waals surface area (Å²) >= 11 is 0. The minimum Gasteiger partial charge on any atom is -0.341 e. The normalized spacial score (nSPS) is 17.2. The highest BCUT2D eigenvalue weighted by Gasteiger charge is 2.26. The third kappa shape index (κ3) is 3.69. The molecule has 1 fully saturated rings. The zero-order chi connectivity index (χ0) is 12.2. The minimum absolute atomic E-state index is 0.0255. The van der Waals surface area contributed by atoms with Crippen LogP contribution in [0.1, 0.15) is 47.5 Å². The summed E-state index contributed by atoms with van der Waals surface area (Å²) in [6.07, 6.45) is 2.40. The minimum atomic E-state index is 0.0255. The smallest absolute Gasteiger partial charge is 0.197 e. The van der Waals surface area contributed by atoms with Gasteiger partial charge in [-0.25, -0.2) is 4.99 Å². The van der Waals surface area contributed by atoms with Gasteiger partial charge in [-0.05, 0) is 33.6 Å². The van der Waals surface area contributed by atoms with E-state index < -0.39 is 0 Å². The zero-order valence-electron chi connectivity index (χ0n) is 11.6. The summed E-state index contributed by atoms with van der Waals surface area (Å²) < 4.78 is 0. The molecule has 3 nitrogen and oxygen atoms in total. The SMILES string of the molecule is CCCN1CCN(CCC)C1=NC(C)(C)C. The van der Waals surface area contributed by atoms with Gasteiger partial charge in [-0.3, -0.25) is 0 Å². The van der Waals surface area contributed by atoms with Crippen LogP contribution in [0.15, 0.2) is 4.99 Å². The molecule has 0 unspecified atom stereocenters. The molecule has 1 aliphatic rings. The van der Waals surface area contributed by atoms with Crippen molar-refractivity contribution in [2.45, 2.75) is 53.0 Å². The first-order chi connectivity index (χ1) is 7.48. The molecule has 0 amide bonds. The number of hydrogen-bond acceptors (Lipinski definition) is 1. The number of nitrogens with zero attached hydrogens (tertiary/aromatic N) is 3. The lowest BCUT2D eigenvalue weighted by atomic mass is 10.1. The summed E-state index contributed by atoms with van der Waals surface area (Å²) in [6, 6.07) is 0. The van der Waals surface area contributed by atoms with E-state index in [1.165, 1.54) is 18.8 Å². The molecule has 1 saturated heterocycles. The Morgan fingerprint density at radius 3 is 1.75 bits per heavy atom. The molecular weight excluding hydrogens is 198 g/mol. The molecule has 0 aromatic carbocycles. The maximum atomic E-state index is 4.88. The summed E-state index contributed by atoms with van der Waals surface area (Å²) in [7, 11) is 0. The van der Waals surface area contributed by atoms with Crippen molar-refractivity contribution in [1.82, 2.24) is 9.80 Å². The Labute approximate surface area is 101 Å². The molecule has 1 aliphatic heterocycles. The Kier molecular flexibility index (Phi) is 4.63. The van der Waals surface area contributed by atoms with Gasteiger partial charge in [0.1, 0.15) is 0 Å². The van der Waals surface area contributed by atoms with Gasteiger partial charge >= 0.3 is 0 Å². The fourth-order valence-electron chi connectivity index (χ4n) is 2.05. The van der Waals surface area contributed by atoms with Crippen molar-refractivity contribution in [2.24, 2.45) is 4.99 Å². The largest absolute Gasteiger partial charge is 0.341 e. The molecule has 0 spiro atoms. The molecule has 0 aliphatic carbocycles. The molecule has 0 aromatic heterocycles. The van der Waals surface area contributed by atoms with Crippen molar-refractivity contribution in [2.75, 3.05) is 26.2 Å².